The standard InChI is InChI=1S/C15H18N6O/c1-4-19(8-13-2-7-22-11-13)9-14-17-18-15(21(14)5-1)10-20-6-3-16-12-20/h2-3,6-7,11-12H,1,4-5,8-10H2. The third-order valence-corrected chi connectivity index (χ3v) is 3.99. The van der Waals surface area contributed by atoms with Crippen molar-refractivity contribution in [3.8, 4) is 0 Å². The minimum atomic E-state index is 0.717. The average molecular weight is 298 g/mol. The molecule has 0 atom stereocenters. The largest absolute Gasteiger partial charge is 0.472 e. The van der Waals surface area contributed by atoms with Crippen LogP contribution in [0.5, 0.6) is 0 Å². The van der Waals surface area contributed by atoms with E-state index < -0.39 is 0 Å². The van der Waals surface area contributed by atoms with Crippen LogP contribution in [0.1, 0.15) is 23.6 Å². The molecule has 0 amide bonds. The van der Waals surface area contributed by atoms with E-state index >= 15 is 0 Å². The summed E-state index contributed by atoms with van der Waals surface area (Å²) in [6.07, 6.45) is 10.2. The van der Waals surface area contributed by atoms with Gasteiger partial charge in [-0.25, -0.2) is 4.98 Å². The van der Waals surface area contributed by atoms with Crippen molar-refractivity contribution in [1.82, 2.24) is 29.2 Å². The molecule has 4 rings (SSSR count). The molecule has 0 aromatic carbocycles. The molecule has 0 N–H and O–H groups in total. The maximum atomic E-state index is 5.15. The quantitative estimate of drug-likeness (QED) is 0.730. The van der Waals surface area contributed by atoms with E-state index in [1.54, 1.807) is 18.7 Å². The van der Waals surface area contributed by atoms with E-state index in [0.717, 1.165) is 44.2 Å². The zero-order valence-electron chi connectivity index (χ0n) is 12.3. The molecule has 4 heterocycles. The van der Waals surface area contributed by atoms with Gasteiger partial charge < -0.3 is 13.6 Å². The zero-order valence-corrected chi connectivity index (χ0v) is 12.3. The number of nitrogens with zero attached hydrogens (tertiary/aromatic N) is 6. The highest BCUT2D eigenvalue weighted by atomic mass is 16.3. The lowest BCUT2D eigenvalue weighted by molar-refractivity contribution is 0.257. The summed E-state index contributed by atoms with van der Waals surface area (Å²) in [5.41, 5.74) is 1.20. The Balaban J connectivity index is 1.51. The minimum absolute atomic E-state index is 0.717. The minimum Gasteiger partial charge on any atom is -0.472 e. The summed E-state index contributed by atoms with van der Waals surface area (Å²) in [6, 6.07) is 2.01. The van der Waals surface area contributed by atoms with Gasteiger partial charge in [0.2, 0.25) is 0 Å². The van der Waals surface area contributed by atoms with Gasteiger partial charge in [0.1, 0.15) is 5.82 Å². The molecule has 0 bridgehead atoms. The van der Waals surface area contributed by atoms with Gasteiger partial charge in [-0.15, -0.1) is 10.2 Å². The normalized spacial score (nSPS) is 15.6. The molecule has 22 heavy (non-hydrogen) atoms. The van der Waals surface area contributed by atoms with Gasteiger partial charge in [0.15, 0.2) is 5.82 Å². The first kappa shape index (κ1) is 13.3. The van der Waals surface area contributed by atoms with Crippen LogP contribution in [-0.4, -0.2) is 35.8 Å². The molecular weight excluding hydrogens is 280 g/mol. The van der Waals surface area contributed by atoms with Crippen LogP contribution < -0.4 is 0 Å². The molecule has 0 saturated carbocycles. The molecule has 0 fully saturated rings. The van der Waals surface area contributed by atoms with Crippen LogP contribution in [0.15, 0.2) is 41.7 Å². The van der Waals surface area contributed by atoms with Gasteiger partial charge in [0.25, 0.3) is 0 Å². The van der Waals surface area contributed by atoms with Crippen molar-refractivity contribution in [1.29, 1.82) is 0 Å². The number of rotatable bonds is 4. The number of hydrogen-bond acceptors (Lipinski definition) is 5. The predicted molar refractivity (Wildman–Crippen MR) is 78.8 cm³/mol. The van der Waals surface area contributed by atoms with Crippen LogP contribution in [0.2, 0.25) is 0 Å². The lowest BCUT2D eigenvalue weighted by Gasteiger charge is -2.17. The molecule has 7 nitrogen and oxygen atoms in total. The Labute approximate surface area is 128 Å². The summed E-state index contributed by atoms with van der Waals surface area (Å²) in [5, 5.41) is 8.76. The fourth-order valence-corrected chi connectivity index (χ4v) is 2.92. The monoisotopic (exact) mass is 298 g/mol. The van der Waals surface area contributed by atoms with E-state index in [-0.39, 0.29) is 0 Å². The van der Waals surface area contributed by atoms with Crippen LogP contribution in [0.3, 0.4) is 0 Å². The predicted octanol–water partition coefficient (Wildman–Crippen LogP) is 1.52. The molecule has 0 unspecified atom stereocenters. The van der Waals surface area contributed by atoms with Gasteiger partial charge in [-0.05, 0) is 12.5 Å². The van der Waals surface area contributed by atoms with Crippen LogP contribution in [0.4, 0.5) is 0 Å². The molecular formula is C15H18N6O. The smallest absolute Gasteiger partial charge is 0.153 e. The molecule has 0 aliphatic carbocycles. The van der Waals surface area contributed by atoms with E-state index in [2.05, 4.69) is 24.6 Å². The fraction of sp³-hybridized carbons (Fsp3) is 0.400. The van der Waals surface area contributed by atoms with Crippen molar-refractivity contribution >= 4 is 0 Å². The van der Waals surface area contributed by atoms with Crippen molar-refractivity contribution in [3.05, 3.63) is 54.5 Å². The summed E-state index contributed by atoms with van der Waals surface area (Å²) in [6.45, 7) is 4.45. The highest BCUT2D eigenvalue weighted by Gasteiger charge is 2.19. The lowest BCUT2D eigenvalue weighted by atomic mass is 10.3. The summed E-state index contributed by atoms with van der Waals surface area (Å²) in [7, 11) is 0. The first-order valence-electron chi connectivity index (χ1n) is 7.48. The van der Waals surface area contributed by atoms with Gasteiger partial charge >= 0.3 is 0 Å². The molecule has 3 aromatic heterocycles. The van der Waals surface area contributed by atoms with Crippen molar-refractivity contribution in [2.24, 2.45) is 0 Å². The first-order chi connectivity index (χ1) is 10.9. The first-order valence-corrected chi connectivity index (χ1v) is 7.48. The molecule has 1 aliphatic rings. The second-order valence-corrected chi connectivity index (χ2v) is 5.61. The van der Waals surface area contributed by atoms with Gasteiger partial charge in [0.05, 0.1) is 31.9 Å². The van der Waals surface area contributed by atoms with Crippen molar-refractivity contribution in [2.45, 2.75) is 32.6 Å². The van der Waals surface area contributed by atoms with E-state index in [9.17, 15) is 0 Å². The number of fused-ring (bicyclic) bond motifs is 1. The highest BCUT2D eigenvalue weighted by Crippen LogP contribution is 2.16. The Hall–Kier alpha value is -2.41. The molecule has 0 radical (unpaired) electrons. The van der Waals surface area contributed by atoms with Crippen molar-refractivity contribution < 1.29 is 4.42 Å². The molecule has 0 spiro atoms. The SMILES string of the molecule is c1cn(Cc2nnc3n2CCCN(Cc2ccoc2)C3)cn1. The van der Waals surface area contributed by atoms with E-state index in [1.807, 2.05) is 23.2 Å². The van der Waals surface area contributed by atoms with Crippen LogP contribution >= 0.6 is 0 Å². The average Bonchev–Trinajstić information content (AvgIpc) is 3.23. The Morgan fingerprint density at radius 1 is 1.18 bits per heavy atom. The lowest BCUT2D eigenvalue weighted by Crippen LogP contribution is -2.22. The third kappa shape index (κ3) is 2.67. The van der Waals surface area contributed by atoms with Gasteiger partial charge in [-0.3, -0.25) is 4.90 Å². The second kappa shape index (κ2) is 5.76. The molecule has 7 heteroatoms. The number of aromatic nitrogens is 5. The molecule has 114 valence electrons. The van der Waals surface area contributed by atoms with Crippen LogP contribution in [-0.2, 0) is 26.2 Å². The van der Waals surface area contributed by atoms with E-state index in [4.69, 9.17) is 4.42 Å². The Kier molecular flexibility index (Phi) is 3.48. The number of hydrogen-bond donors (Lipinski definition) is 0. The Morgan fingerprint density at radius 3 is 3.00 bits per heavy atom. The fourth-order valence-electron chi connectivity index (χ4n) is 2.92. The van der Waals surface area contributed by atoms with Gasteiger partial charge in [-0.2, -0.15) is 0 Å². The van der Waals surface area contributed by atoms with Gasteiger partial charge in [-0.1, -0.05) is 0 Å². The maximum absolute atomic E-state index is 5.15. The number of furan rings is 1. The van der Waals surface area contributed by atoms with E-state index in [0.29, 0.717) is 6.54 Å². The Morgan fingerprint density at radius 2 is 2.18 bits per heavy atom. The zero-order chi connectivity index (χ0) is 14.8. The topological polar surface area (TPSA) is 64.9 Å². The van der Waals surface area contributed by atoms with Crippen molar-refractivity contribution in [2.75, 3.05) is 6.54 Å². The summed E-state index contributed by atoms with van der Waals surface area (Å²) in [5.74, 6) is 2.04. The van der Waals surface area contributed by atoms with Crippen molar-refractivity contribution in [3.63, 3.8) is 0 Å². The summed E-state index contributed by atoms with van der Waals surface area (Å²) < 4.78 is 9.42. The second-order valence-electron chi connectivity index (χ2n) is 5.61. The molecule has 1 aliphatic heterocycles. The third-order valence-electron chi connectivity index (χ3n) is 3.99. The number of imidazole rings is 1. The summed E-state index contributed by atoms with van der Waals surface area (Å²) >= 11 is 0. The summed E-state index contributed by atoms with van der Waals surface area (Å²) in [4.78, 5) is 6.46. The highest BCUT2D eigenvalue weighted by molar-refractivity contribution is 5.06. The van der Waals surface area contributed by atoms with Crippen LogP contribution in [0.25, 0.3) is 0 Å². The van der Waals surface area contributed by atoms with Crippen LogP contribution in [0, 0.1) is 0 Å². The molecule has 0 saturated heterocycles. The van der Waals surface area contributed by atoms with E-state index in [1.165, 1.54) is 5.56 Å². The van der Waals surface area contributed by atoms with Gasteiger partial charge in [0, 0.05) is 37.6 Å². The molecule has 3 aromatic rings. The Bertz CT molecular complexity index is 715. The maximum Gasteiger partial charge on any atom is 0.153 e.